The van der Waals surface area contributed by atoms with Crippen LogP contribution in [0.2, 0.25) is 0 Å². The zero-order chi connectivity index (χ0) is 19.6. The summed E-state index contributed by atoms with van der Waals surface area (Å²) < 4.78 is 0. The lowest BCUT2D eigenvalue weighted by atomic mass is 10.1. The van der Waals surface area contributed by atoms with Crippen LogP contribution in [0, 0.1) is 5.92 Å². The molecule has 0 bridgehead atoms. The van der Waals surface area contributed by atoms with Gasteiger partial charge >= 0.3 is 0 Å². The highest BCUT2D eigenvalue weighted by Crippen LogP contribution is 2.24. The lowest BCUT2D eigenvalue weighted by molar-refractivity contribution is -0.130. The third kappa shape index (κ3) is 3.98. The number of rotatable bonds is 7. The molecule has 1 aliphatic heterocycles. The van der Waals surface area contributed by atoms with Crippen molar-refractivity contribution in [1.29, 1.82) is 0 Å². The van der Waals surface area contributed by atoms with Crippen LogP contribution >= 0.6 is 12.2 Å². The fourth-order valence-electron chi connectivity index (χ4n) is 3.37. The number of carbonyl (C=O) groups excluding carboxylic acids is 2. The van der Waals surface area contributed by atoms with Crippen LogP contribution in [-0.4, -0.2) is 50.8 Å². The molecule has 1 fully saturated rings. The Bertz CT molecular complexity index is 863. The van der Waals surface area contributed by atoms with Crippen molar-refractivity contribution in [3.8, 4) is 0 Å². The average Bonchev–Trinajstić information content (AvgIpc) is 3.19. The first kappa shape index (κ1) is 19.4. The molecule has 2 atom stereocenters. The van der Waals surface area contributed by atoms with Crippen LogP contribution in [0.15, 0.2) is 30.5 Å². The lowest BCUT2D eigenvalue weighted by Gasteiger charge is -2.26. The van der Waals surface area contributed by atoms with Crippen molar-refractivity contribution in [2.75, 3.05) is 18.4 Å². The molecule has 0 aliphatic carbocycles. The van der Waals surface area contributed by atoms with Crippen LogP contribution in [0.1, 0.15) is 33.6 Å². The smallest absolute Gasteiger partial charge is 0.252 e. The molecule has 0 saturated carbocycles. The van der Waals surface area contributed by atoms with Crippen LogP contribution in [-0.2, 0) is 9.59 Å². The lowest BCUT2D eigenvalue weighted by Crippen LogP contribution is -2.40. The minimum atomic E-state index is -0.527. The first-order chi connectivity index (χ1) is 12.9. The number of benzene rings is 1. The Balaban J connectivity index is 1.72. The predicted molar refractivity (Wildman–Crippen MR) is 111 cm³/mol. The molecule has 2 heterocycles. The van der Waals surface area contributed by atoms with Gasteiger partial charge in [-0.1, -0.05) is 26.3 Å². The molecule has 2 N–H and O–H groups in total. The van der Waals surface area contributed by atoms with Crippen molar-refractivity contribution in [3.63, 3.8) is 0 Å². The number of hydrogen-bond acceptors (Lipinski definition) is 3. The van der Waals surface area contributed by atoms with Crippen LogP contribution in [0.5, 0.6) is 0 Å². The van der Waals surface area contributed by atoms with Gasteiger partial charge in [0.05, 0.1) is 6.42 Å². The molecule has 1 aliphatic rings. The quantitative estimate of drug-likeness (QED) is 0.716. The summed E-state index contributed by atoms with van der Waals surface area (Å²) in [7, 11) is 0. The molecule has 2 aromatic rings. The summed E-state index contributed by atoms with van der Waals surface area (Å²) in [6.07, 6.45) is 2.95. The first-order valence-electron chi connectivity index (χ1n) is 9.43. The molecule has 3 rings (SSSR count). The molecule has 1 aromatic carbocycles. The molecule has 27 heavy (non-hydrogen) atoms. The number of carbonyl (C=O) groups is 2. The van der Waals surface area contributed by atoms with Crippen molar-refractivity contribution in [2.45, 2.75) is 39.7 Å². The van der Waals surface area contributed by atoms with E-state index >= 15 is 0 Å². The van der Waals surface area contributed by atoms with Gasteiger partial charge in [-0.3, -0.25) is 14.5 Å². The van der Waals surface area contributed by atoms with Crippen molar-refractivity contribution < 1.29 is 9.59 Å². The van der Waals surface area contributed by atoms with E-state index in [0.717, 1.165) is 17.3 Å². The van der Waals surface area contributed by atoms with Crippen molar-refractivity contribution in [3.05, 3.63) is 30.5 Å². The number of hydrogen-bond donors (Lipinski definition) is 2. The Morgan fingerprint density at radius 3 is 2.81 bits per heavy atom. The van der Waals surface area contributed by atoms with Gasteiger partial charge in [0.2, 0.25) is 5.91 Å². The number of fused-ring (bicyclic) bond motifs is 1. The molecule has 6 nitrogen and oxygen atoms in total. The summed E-state index contributed by atoms with van der Waals surface area (Å²) in [6.45, 7) is 7.35. The van der Waals surface area contributed by atoms with Gasteiger partial charge in [0, 0.05) is 30.5 Å². The van der Waals surface area contributed by atoms with E-state index in [4.69, 9.17) is 12.2 Å². The second-order valence-corrected chi connectivity index (χ2v) is 7.44. The summed E-state index contributed by atoms with van der Waals surface area (Å²) >= 11 is 5.50. The third-order valence-electron chi connectivity index (χ3n) is 5.14. The van der Waals surface area contributed by atoms with Gasteiger partial charge in [0.15, 0.2) is 5.11 Å². The minimum Gasteiger partial charge on any atom is -0.361 e. The van der Waals surface area contributed by atoms with E-state index in [1.807, 2.05) is 42.3 Å². The number of likely N-dealkylation sites (N-methyl/N-ethyl adjacent to an activating group) is 1. The summed E-state index contributed by atoms with van der Waals surface area (Å²) in [6, 6.07) is 7.16. The number of nitrogens with zero attached hydrogens (tertiary/aromatic N) is 2. The molecular weight excluding hydrogens is 360 g/mol. The zero-order valence-electron chi connectivity index (χ0n) is 16.0. The normalized spacial score (nSPS) is 18.4. The SMILES string of the molecule is CCC(C)CN1C(=S)N(CC)C(=O)C1CC(=O)Nc1ccc2cc[nH]c2c1. The molecule has 7 heteroatoms. The number of thiocarbonyl (C=S) groups is 1. The topological polar surface area (TPSA) is 68.4 Å². The molecule has 0 spiro atoms. The van der Waals surface area contributed by atoms with Gasteiger partial charge in [0.1, 0.15) is 6.04 Å². The highest BCUT2D eigenvalue weighted by molar-refractivity contribution is 7.80. The van der Waals surface area contributed by atoms with Gasteiger partial charge in [-0.2, -0.15) is 0 Å². The van der Waals surface area contributed by atoms with E-state index in [2.05, 4.69) is 24.1 Å². The Morgan fingerprint density at radius 2 is 2.11 bits per heavy atom. The number of anilines is 1. The van der Waals surface area contributed by atoms with Crippen molar-refractivity contribution in [2.24, 2.45) is 5.92 Å². The Morgan fingerprint density at radius 1 is 1.33 bits per heavy atom. The molecule has 144 valence electrons. The molecular formula is C20H26N4O2S. The summed E-state index contributed by atoms with van der Waals surface area (Å²) in [5.41, 5.74) is 1.67. The van der Waals surface area contributed by atoms with Gasteiger partial charge in [-0.15, -0.1) is 0 Å². The Labute approximate surface area is 164 Å². The van der Waals surface area contributed by atoms with Gasteiger partial charge in [-0.05, 0) is 48.6 Å². The number of H-pyrrole nitrogens is 1. The maximum absolute atomic E-state index is 12.8. The monoisotopic (exact) mass is 386 g/mol. The number of amides is 2. The standard InChI is InChI=1S/C20H26N4O2S/c1-4-13(3)12-24-17(19(26)23(5-2)20(24)27)11-18(25)22-15-7-6-14-8-9-21-16(14)10-15/h6-10,13,17,21H,4-5,11-12H2,1-3H3,(H,22,25). The zero-order valence-corrected chi connectivity index (χ0v) is 16.8. The molecule has 2 unspecified atom stereocenters. The minimum absolute atomic E-state index is 0.0826. The number of aromatic nitrogens is 1. The fraction of sp³-hybridized carbons (Fsp3) is 0.450. The largest absolute Gasteiger partial charge is 0.361 e. The highest BCUT2D eigenvalue weighted by atomic mass is 32.1. The van der Waals surface area contributed by atoms with E-state index in [0.29, 0.717) is 29.8 Å². The Kier molecular flexibility index (Phi) is 5.79. The highest BCUT2D eigenvalue weighted by Gasteiger charge is 2.42. The fourth-order valence-corrected chi connectivity index (χ4v) is 3.79. The third-order valence-corrected chi connectivity index (χ3v) is 5.60. The van der Waals surface area contributed by atoms with E-state index in [9.17, 15) is 9.59 Å². The van der Waals surface area contributed by atoms with E-state index in [1.54, 1.807) is 4.90 Å². The van der Waals surface area contributed by atoms with E-state index in [1.165, 1.54) is 0 Å². The summed E-state index contributed by atoms with van der Waals surface area (Å²) in [5.74, 6) is 0.128. The molecule has 1 aromatic heterocycles. The van der Waals surface area contributed by atoms with E-state index < -0.39 is 6.04 Å². The van der Waals surface area contributed by atoms with Crippen LogP contribution in [0.25, 0.3) is 10.9 Å². The van der Waals surface area contributed by atoms with Gasteiger partial charge in [0.25, 0.3) is 5.91 Å². The second-order valence-electron chi connectivity index (χ2n) is 7.08. The summed E-state index contributed by atoms with van der Waals surface area (Å²) in [5, 5.41) is 4.53. The van der Waals surface area contributed by atoms with Crippen molar-refractivity contribution >= 4 is 45.7 Å². The number of nitrogens with one attached hydrogen (secondary N) is 2. The van der Waals surface area contributed by atoms with Gasteiger partial charge < -0.3 is 15.2 Å². The summed E-state index contributed by atoms with van der Waals surface area (Å²) in [4.78, 5) is 32.0. The maximum atomic E-state index is 12.8. The molecule has 1 saturated heterocycles. The van der Waals surface area contributed by atoms with Crippen LogP contribution in [0.3, 0.4) is 0 Å². The van der Waals surface area contributed by atoms with Crippen LogP contribution < -0.4 is 5.32 Å². The maximum Gasteiger partial charge on any atom is 0.252 e. The van der Waals surface area contributed by atoms with Gasteiger partial charge in [-0.25, -0.2) is 0 Å². The van der Waals surface area contributed by atoms with E-state index in [-0.39, 0.29) is 18.2 Å². The predicted octanol–water partition coefficient (Wildman–Crippen LogP) is 3.36. The van der Waals surface area contributed by atoms with Crippen LogP contribution in [0.4, 0.5) is 5.69 Å². The Hall–Kier alpha value is -2.41. The molecule has 2 amide bonds. The molecule has 0 radical (unpaired) electrons. The average molecular weight is 387 g/mol. The first-order valence-corrected chi connectivity index (χ1v) is 9.84. The van der Waals surface area contributed by atoms with Crippen molar-refractivity contribution in [1.82, 2.24) is 14.8 Å². The number of aromatic amines is 1. The second kappa shape index (κ2) is 8.08.